The number of hydrogen-bond donors (Lipinski definition) is 2. The zero-order chi connectivity index (χ0) is 13.9. The summed E-state index contributed by atoms with van der Waals surface area (Å²) in [4.78, 5) is 27.0. The largest absolute Gasteiger partial charge is 0.480 e. The van der Waals surface area contributed by atoms with Gasteiger partial charge in [-0.25, -0.2) is 9.59 Å². The first-order valence-corrected chi connectivity index (χ1v) is 6.18. The minimum absolute atomic E-state index is 0.287. The minimum atomic E-state index is -0.995. The summed E-state index contributed by atoms with van der Waals surface area (Å²) in [6.07, 6.45) is 0. The molecular weight excluding hydrogens is 234 g/mol. The number of likely N-dealkylation sites (N-methyl/N-ethyl adjacent to an activating group) is 1. The zero-order valence-electron chi connectivity index (χ0n) is 11.6. The highest BCUT2D eigenvalue weighted by molar-refractivity contribution is 5.83. The SMILES string of the molecule is CN1CCN(C(=O)N[C@@H](C(=O)O)C(C)(C)C)CC1. The third-order valence-corrected chi connectivity index (χ3v) is 3.17. The Morgan fingerprint density at radius 2 is 1.67 bits per heavy atom. The minimum Gasteiger partial charge on any atom is -0.480 e. The van der Waals surface area contributed by atoms with E-state index in [1.165, 1.54) is 0 Å². The molecule has 0 radical (unpaired) electrons. The van der Waals surface area contributed by atoms with Crippen molar-refractivity contribution in [3.05, 3.63) is 0 Å². The summed E-state index contributed by atoms with van der Waals surface area (Å²) in [5.41, 5.74) is -0.506. The van der Waals surface area contributed by atoms with Gasteiger partial charge in [0.2, 0.25) is 0 Å². The summed E-state index contributed by atoms with van der Waals surface area (Å²) in [5, 5.41) is 11.8. The van der Waals surface area contributed by atoms with Crippen LogP contribution in [-0.4, -0.2) is 66.2 Å². The summed E-state index contributed by atoms with van der Waals surface area (Å²) in [5.74, 6) is -0.995. The standard InChI is InChI=1S/C12H23N3O3/c1-12(2,3)9(10(16)17)13-11(18)15-7-5-14(4)6-8-15/h9H,5-8H2,1-4H3,(H,13,18)(H,16,17)/t9-/m0/s1. The van der Waals surface area contributed by atoms with Gasteiger partial charge >= 0.3 is 12.0 Å². The Labute approximate surface area is 108 Å². The van der Waals surface area contributed by atoms with Gasteiger partial charge in [0.25, 0.3) is 0 Å². The van der Waals surface area contributed by atoms with Gasteiger partial charge in [-0.15, -0.1) is 0 Å². The van der Waals surface area contributed by atoms with Crippen molar-refractivity contribution >= 4 is 12.0 Å². The number of amides is 2. The van der Waals surface area contributed by atoms with Crippen LogP contribution in [0.3, 0.4) is 0 Å². The molecule has 0 aromatic rings. The molecule has 1 atom stereocenters. The van der Waals surface area contributed by atoms with E-state index in [0.29, 0.717) is 13.1 Å². The van der Waals surface area contributed by atoms with Gasteiger partial charge in [0.15, 0.2) is 0 Å². The summed E-state index contributed by atoms with van der Waals surface area (Å²) in [7, 11) is 2.00. The molecule has 6 nitrogen and oxygen atoms in total. The Bertz CT molecular complexity index is 317. The first kappa shape index (κ1) is 14.8. The number of urea groups is 1. The maximum Gasteiger partial charge on any atom is 0.326 e. The Morgan fingerprint density at radius 1 is 1.17 bits per heavy atom. The second kappa shape index (κ2) is 5.56. The molecular formula is C12H23N3O3. The van der Waals surface area contributed by atoms with Crippen molar-refractivity contribution in [3.8, 4) is 0 Å². The van der Waals surface area contributed by atoms with E-state index in [9.17, 15) is 9.59 Å². The highest BCUT2D eigenvalue weighted by atomic mass is 16.4. The molecule has 1 fully saturated rings. The van der Waals surface area contributed by atoms with E-state index >= 15 is 0 Å². The fourth-order valence-electron chi connectivity index (χ4n) is 1.87. The molecule has 104 valence electrons. The molecule has 18 heavy (non-hydrogen) atoms. The van der Waals surface area contributed by atoms with Crippen molar-refractivity contribution in [2.24, 2.45) is 5.41 Å². The molecule has 1 rings (SSSR count). The third-order valence-electron chi connectivity index (χ3n) is 3.17. The molecule has 0 spiro atoms. The van der Waals surface area contributed by atoms with Crippen LogP contribution in [0.15, 0.2) is 0 Å². The van der Waals surface area contributed by atoms with Crippen LogP contribution in [0.5, 0.6) is 0 Å². The van der Waals surface area contributed by atoms with Crippen molar-refractivity contribution in [1.82, 2.24) is 15.1 Å². The number of rotatable bonds is 2. The second-order valence-corrected chi connectivity index (χ2v) is 5.88. The lowest BCUT2D eigenvalue weighted by molar-refractivity contribution is -0.142. The van der Waals surface area contributed by atoms with E-state index in [4.69, 9.17) is 5.11 Å². The van der Waals surface area contributed by atoms with Crippen molar-refractivity contribution in [2.45, 2.75) is 26.8 Å². The lowest BCUT2D eigenvalue weighted by atomic mass is 9.87. The van der Waals surface area contributed by atoms with Crippen molar-refractivity contribution in [1.29, 1.82) is 0 Å². The molecule has 0 aliphatic carbocycles. The van der Waals surface area contributed by atoms with Crippen LogP contribution >= 0.6 is 0 Å². The van der Waals surface area contributed by atoms with Gasteiger partial charge in [0.05, 0.1) is 0 Å². The second-order valence-electron chi connectivity index (χ2n) is 5.88. The van der Waals surface area contributed by atoms with E-state index in [1.807, 2.05) is 7.05 Å². The Hall–Kier alpha value is -1.30. The molecule has 1 heterocycles. The summed E-state index contributed by atoms with van der Waals surface area (Å²) in [6, 6.07) is -1.16. The number of piperazine rings is 1. The first-order chi connectivity index (χ1) is 8.21. The predicted molar refractivity (Wildman–Crippen MR) is 68.5 cm³/mol. The maximum atomic E-state index is 12.0. The lowest BCUT2D eigenvalue weighted by Crippen LogP contribution is -2.56. The lowest BCUT2D eigenvalue weighted by Gasteiger charge is -2.35. The monoisotopic (exact) mass is 257 g/mol. The number of carboxylic acids is 1. The van der Waals surface area contributed by atoms with Gasteiger partial charge in [-0.05, 0) is 12.5 Å². The fraction of sp³-hybridized carbons (Fsp3) is 0.833. The van der Waals surface area contributed by atoms with Gasteiger partial charge in [0.1, 0.15) is 6.04 Å². The van der Waals surface area contributed by atoms with E-state index in [1.54, 1.807) is 25.7 Å². The summed E-state index contributed by atoms with van der Waals surface area (Å²) < 4.78 is 0. The molecule has 1 aliphatic rings. The quantitative estimate of drug-likeness (QED) is 0.753. The Kier molecular flexibility index (Phi) is 4.56. The predicted octanol–water partition coefficient (Wildman–Crippen LogP) is 0.443. The van der Waals surface area contributed by atoms with Gasteiger partial charge in [-0.1, -0.05) is 20.8 Å². The van der Waals surface area contributed by atoms with E-state index in [0.717, 1.165) is 13.1 Å². The number of nitrogens with one attached hydrogen (secondary N) is 1. The fourth-order valence-corrected chi connectivity index (χ4v) is 1.87. The van der Waals surface area contributed by atoms with Crippen LogP contribution in [0.1, 0.15) is 20.8 Å². The van der Waals surface area contributed by atoms with Crippen LogP contribution < -0.4 is 5.32 Å². The van der Waals surface area contributed by atoms with Crippen molar-refractivity contribution < 1.29 is 14.7 Å². The Balaban J connectivity index is 2.59. The number of carboxylic acid groups (broad SMARTS) is 1. The van der Waals surface area contributed by atoms with Crippen LogP contribution in [0, 0.1) is 5.41 Å². The van der Waals surface area contributed by atoms with Crippen LogP contribution in [0.25, 0.3) is 0 Å². The summed E-state index contributed by atoms with van der Waals surface area (Å²) >= 11 is 0. The molecule has 2 N–H and O–H groups in total. The van der Waals surface area contributed by atoms with Crippen molar-refractivity contribution in [3.63, 3.8) is 0 Å². The van der Waals surface area contributed by atoms with Crippen LogP contribution in [-0.2, 0) is 4.79 Å². The van der Waals surface area contributed by atoms with Crippen LogP contribution in [0.4, 0.5) is 4.79 Å². The number of hydrogen-bond acceptors (Lipinski definition) is 3. The molecule has 0 bridgehead atoms. The highest BCUT2D eigenvalue weighted by Gasteiger charge is 2.34. The first-order valence-electron chi connectivity index (χ1n) is 6.18. The zero-order valence-corrected chi connectivity index (χ0v) is 11.6. The molecule has 2 amide bonds. The smallest absolute Gasteiger partial charge is 0.326 e. The number of carbonyl (C=O) groups is 2. The molecule has 1 aliphatic heterocycles. The highest BCUT2D eigenvalue weighted by Crippen LogP contribution is 2.19. The topological polar surface area (TPSA) is 72.9 Å². The van der Waals surface area contributed by atoms with Gasteiger partial charge in [0, 0.05) is 26.2 Å². The number of nitrogens with zero attached hydrogens (tertiary/aromatic N) is 2. The maximum absolute atomic E-state index is 12.0. The molecule has 1 saturated heterocycles. The number of carbonyl (C=O) groups excluding carboxylic acids is 1. The number of aliphatic carboxylic acids is 1. The normalized spacial score (nSPS) is 19.4. The van der Waals surface area contributed by atoms with E-state index in [2.05, 4.69) is 10.2 Å². The molecule has 0 saturated carbocycles. The van der Waals surface area contributed by atoms with Gasteiger partial charge < -0.3 is 20.2 Å². The molecule has 0 aromatic heterocycles. The average Bonchev–Trinajstić information content (AvgIpc) is 2.24. The van der Waals surface area contributed by atoms with E-state index in [-0.39, 0.29) is 6.03 Å². The van der Waals surface area contributed by atoms with Gasteiger partial charge in [-0.3, -0.25) is 0 Å². The van der Waals surface area contributed by atoms with Crippen LogP contribution in [0.2, 0.25) is 0 Å². The van der Waals surface area contributed by atoms with Crippen molar-refractivity contribution in [2.75, 3.05) is 33.2 Å². The molecule has 0 aromatic carbocycles. The third kappa shape index (κ3) is 3.87. The molecule has 6 heteroatoms. The average molecular weight is 257 g/mol. The molecule has 0 unspecified atom stereocenters. The Morgan fingerprint density at radius 3 is 2.06 bits per heavy atom. The summed E-state index contributed by atoms with van der Waals surface area (Å²) in [6.45, 7) is 8.32. The van der Waals surface area contributed by atoms with Gasteiger partial charge in [-0.2, -0.15) is 0 Å². The van der Waals surface area contributed by atoms with E-state index < -0.39 is 17.4 Å².